The van der Waals surface area contributed by atoms with E-state index in [0.29, 0.717) is 11.4 Å². The van der Waals surface area contributed by atoms with Crippen molar-refractivity contribution in [2.24, 2.45) is 0 Å². The van der Waals surface area contributed by atoms with Gasteiger partial charge in [0.1, 0.15) is 11.4 Å². The van der Waals surface area contributed by atoms with Crippen LogP contribution in [0.15, 0.2) is 36.4 Å². The van der Waals surface area contributed by atoms with Gasteiger partial charge in [-0.3, -0.25) is 9.59 Å². The van der Waals surface area contributed by atoms with Gasteiger partial charge in [-0.1, -0.05) is 0 Å². The highest BCUT2D eigenvalue weighted by atomic mass is 19.3. The van der Waals surface area contributed by atoms with Crippen molar-refractivity contribution in [3.8, 4) is 0 Å². The summed E-state index contributed by atoms with van der Waals surface area (Å²) in [5, 5.41) is 2.68. The molecule has 2 aromatic rings. The molecule has 0 radical (unpaired) electrons. The maximum Gasteiger partial charge on any atom is 0.310 e. The van der Waals surface area contributed by atoms with Crippen LogP contribution in [0, 0.1) is 5.82 Å². The summed E-state index contributed by atoms with van der Waals surface area (Å²) in [6.07, 6.45) is -0.718. The Kier molecular flexibility index (Phi) is 6.90. The Hall–Kier alpha value is -3.23. The Morgan fingerprint density at radius 2 is 1.79 bits per heavy atom. The molecule has 9 heteroatoms. The lowest BCUT2D eigenvalue weighted by atomic mass is 10.0. The largest absolute Gasteiger partial charge is 0.460 e. The van der Waals surface area contributed by atoms with Crippen LogP contribution in [-0.4, -0.2) is 36.5 Å². The van der Waals surface area contributed by atoms with Gasteiger partial charge in [-0.2, -0.15) is 0 Å². The summed E-state index contributed by atoms with van der Waals surface area (Å²) in [6.45, 7) is 5.52. The van der Waals surface area contributed by atoms with E-state index in [1.54, 1.807) is 37.8 Å². The minimum absolute atomic E-state index is 0.173. The quantitative estimate of drug-likeness (QED) is 0.493. The van der Waals surface area contributed by atoms with Gasteiger partial charge in [0.05, 0.1) is 17.8 Å². The van der Waals surface area contributed by atoms with Gasteiger partial charge in [0.2, 0.25) is 0 Å². The molecule has 2 aromatic carbocycles. The topological polar surface area (TPSA) is 84.7 Å². The second-order valence-electron chi connectivity index (χ2n) is 9.14. The molecule has 0 unspecified atom stereocenters. The number of hydrogen-bond acceptors (Lipinski definition) is 5. The van der Waals surface area contributed by atoms with Crippen molar-refractivity contribution in [2.45, 2.75) is 51.6 Å². The first-order valence-corrected chi connectivity index (χ1v) is 10.7. The fraction of sp³-hybridized carbons (Fsp3) is 0.417. The number of carbonyl (C=O) groups is 2. The molecule has 3 rings (SSSR count). The molecule has 6 nitrogen and oxygen atoms in total. The van der Waals surface area contributed by atoms with E-state index >= 15 is 0 Å². The number of benzene rings is 2. The van der Waals surface area contributed by atoms with Crippen molar-refractivity contribution in [3.63, 3.8) is 0 Å². The monoisotopic (exact) mass is 463 g/mol. The summed E-state index contributed by atoms with van der Waals surface area (Å²) in [6, 6.07) is 8.36. The average Bonchev–Trinajstić information content (AvgIpc) is 2.69. The Labute approximate surface area is 190 Å². The molecule has 0 bridgehead atoms. The lowest BCUT2D eigenvalue weighted by Gasteiger charge is -2.34. The number of piperidine rings is 1. The van der Waals surface area contributed by atoms with Crippen molar-refractivity contribution in [1.29, 1.82) is 0 Å². The second kappa shape index (κ2) is 9.33. The van der Waals surface area contributed by atoms with Gasteiger partial charge >= 0.3 is 5.97 Å². The number of nitrogen functional groups attached to an aromatic ring is 1. The minimum Gasteiger partial charge on any atom is -0.460 e. The fourth-order valence-electron chi connectivity index (χ4n) is 3.62. The Morgan fingerprint density at radius 1 is 1.12 bits per heavy atom. The number of anilines is 3. The molecule has 3 N–H and O–H groups in total. The molecular formula is C24H28F3N3O3. The average molecular weight is 464 g/mol. The predicted octanol–water partition coefficient (Wildman–Crippen LogP) is 4.78. The standard InChI is InChI=1S/C24H28F3N3O3/c1-23(2,3)33-21(31)14-16-12-17(25)5-6-19(16)29-22(32)15-4-7-20(18(28)13-15)30-10-8-24(26,27)9-11-30/h4-7,12-13H,8-11,14,28H2,1-3H3,(H,29,32). The highest BCUT2D eigenvalue weighted by Crippen LogP contribution is 2.33. The molecule has 178 valence electrons. The van der Waals surface area contributed by atoms with Crippen molar-refractivity contribution in [3.05, 3.63) is 53.3 Å². The molecule has 0 spiro atoms. The fourth-order valence-corrected chi connectivity index (χ4v) is 3.62. The molecule has 0 saturated carbocycles. The molecular weight excluding hydrogens is 435 g/mol. The maximum atomic E-state index is 13.8. The number of nitrogens with one attached hydrogen (secondary N) is 1. The van der Waals surface area contributed by atoms with Crippen LogP contribution >= 0.6 is 0 Å². The zero-order valence-corrected chi connectivity index (χ0v) is 18.9. The van der Waals surface area contributed by atoms with Gasteiger partial charge in [0.25, 0.3) is 11.8 Å². The predicted molar refractivity (Wildman–Crippen MR) is 121 cm³/mol. The van der Waals surface area contributed by atoms with Gasteiger partial charge in [0, 0.05) is 37.2 Å². The smallest absolute Gasteiger partial charge is 0.310 e. The van der Waals surface area contributed by atoms with E-state index in [0.717, 1.165) is 0 Å². The summed E-state index contributed by atoms with van der Waals surface area (Å²) >= 11 is 0. The number of alkyl halides is 2. The van der Waals surface area contributed by atoms with Crippen molar-refractivity contribution < 1.29 is 27.5 Å². The van der Waals surface area contributed by atoms with Gasteiger partial charge in [-0.25, -0.2) is 13.2 Å². The third-order valence-electron chi connectivity index (χ3n) is 5.20. The summed E-state index contributed by atoms with van der Waals surface area (Å²) in [4.78, 5) is 26.8. The van der Waals surface area contributed by atoms with Crippen LogP contribution in [0.4, 0.5) is 30.2 Å². The molecule has 1 saturated heterocycles. The Bertz CT molecular complexity index is 1040. The van der Waals surface area contributed by atoms with Crippen molar-refractivity contribution in [2.75, 3.05) is 29.0 Å². The van der Waals surface area contributed by atoms with E-state index in [1.807, 2.05) is 0 Å². The number of carbonyl (C=O) groups excluding carboxylic acids is 2. The van der Waals surface area contributed by atoms with Crippen molar-refractivity contribution >= 4 is 28.9 Å². The third-order valence-corrected chi connectivity index (χ3v) is 5.20. The van der Waals surface area contributed by atoms with Crippen LogP contribution in [0.1, 0.15) is 49.5 Å². The lowest BCUT2D eigenvalue weighted by Crippen LogP contribution is -2.39. The van der Waals surface area contributed by atoms with Crippen LogP contribution in [0.25, 0.3) is 0 Å². The minimum atomic E-state index is -2.67. The molecule has 0 aromatic heterocycles. The number of hydrogen-bond donors (Lipinski definition) is 2. The van der Waals surface area contributed by atoms with E-state index in [9.17, 15) is 22.8 Å². The lowest BCUT2D eigenvalue weighted by molar-refractivity contribution is -0.153. The van der Waals surface area contributed by atoms with Crippen LogP contribution in [0.2, 0.25) is 0 Å². The van der Waals surface area contributed by atoms with Crippen LogP contribution < -0.4 is 16.0 Å². The van der Waals surface area contributed by atoms with Crippen LogP contribution in [0.3, 0.4) is 0 Å². The second-order valence-corrected chi connectivity index (χ2v) is 9.14. The molecule has 1 amide bonds. The molecule has 1 heterocycles. The van der Waals surface area contributed by atoms with E-state index in [4.69, 9.17) is 10.5 Å². The van der Waals surface area contributed by atoms with Gasteiger partial charge in [-0.15, -0.1) is 0 Å². The zero-order valence-electron chi connectivity index (χ0n) is 18.9. The number of esters is 1. The molecule has 1 aliphatic rings. The van der Waals surface area contributed by atoms with E-state index in [-0.39, 0.29) is 49.2 Å². The van der Waals surface area contributed by atoms with Crippen molar-refractivity contribution in [1.82, 2.24) is 0 Å². The number of nitrogens with two attached hydrogens (primary N) is 1. The third kappa shape index (κ3) is 6.63. The first-order chi connectivity index (χ1) is 15.3. The van der Waals surface area contributed by atoms with E-state index in [2.05, 4.69) is 5.32 Å². The first kappa shape index (κ1) is 24.4. The summed E-state index contributed by atoms with van der Waals surface area (Å²) in [5.74, 6) is -4.27. The summed E-state index contributed by atoms with van der Waals surface area (Å²) < 4.78 is 45.9. The van der Waals surface area contributed by atoms with Gasteiger partial charge in [-0.05, 0) is 62.7 Å². The number of nitrogens with zero attached hydrogens (tertiary/aromatic N) is 1. The summed E-state index contributed by atoms with van der Waals surface area (Å²) in [7, 11) is 0. The van der Waals surface area contributed by atoms with Gasteiger partial charge in [0.15, 0.2) is 0 Å². The Balaban J connectivity index is 1.74. The zero-order chi connectivity index (χ0) is 24.4. The van der Waals surface area contributed by atoms with Crippen LogP contribution in [0.5, 0.6) is 0 Å². The van der Waals surface area contributed by atoms with E-state index < -0.39 is 29.2 Å². The highest BCUT2D eigenvalue weighted by Gasteiger charge is 2.34. The number of rotatable bonds is 5. The molecule has 1 aliphatic heterocycles. The Morgan fingerprint density at radius 3 is 2.39 bits per heavy atom. The number of halogens is 3. The molecule has 0 aliphatic carbocycles. The van der Waals surface area contributed by atoms with E-state index in [1.165, 1.54) is 24.3 Å². The summed E-state index contributed by atoms with van der Waals surface area (Å²) in [5.41, 5.74) is 7.08. The number of amides is 1. The van der Waals surface area contributed by atoms with Crippen LogP contribution in [-0.2, 0) is 16.0 Å². The number of ether oxygens (including phenoxy) is 1. The normalized spacial score (nSPS) is 15.8. The SMILES string of the molecule is CC(C)(C)OC(=O)Cc1cc(F)ccc1NC(=O)c1ccc(N2CCC(F)(F)CC2)c(N)c1. The van der Waals surface area contributed by atoms with Gasteiger partial charge < -0.3 is 20.7 Å². The maximum absolute atomic E-state index is 13.8. The molecule has 0 atom stereocenters. The molecule has 1 fully saturated rings. The highest BCUT2D eigenvalue weighted by molar-refractivity contribution is 6.06. The first-order valence-electron chi connectivity index (χ1n) is 10.7. The molecule has 33 heavy (non-hydrogen) atoms.